The Balaban J connectivity index is 3.27. The summed E-state index contributed by atoms with van der Waals surface area (Å²) < 4.78 is 0.314. The molecule has 0 fully saturated rings. The maximum Gasteiger partial charge on any atom is 0.337 e. The van der Waals surface area contributed by atoms with Gasteiger partial charge in [0.2, 0.25) is 0 Å². The first-order valence-corrected chi connectivity index (χ1v) is 3.83. The van der Waals surface area contributed by atoms with E-state index in [2.05, 4.69) is 20.9 Å². The van der Waals surface area contributed by atoms with Gasteiger partial charge in [0.15, 0.2) is 0 Å². The summed E-state index contributed by atoms with van der Waals surface area (Å²) in [6, 6.07) is 1.37. The minimum absolute atomic E-state index is 0.116. The molecule has 0 aliphatic carbocycles. The van der Waals surface area contributed by atoms with Crippen molar-refractivity contribution >= 4 is 33.5 Å². The highest BCUT2D eigenvalue weighted by Crippen LogP contribution is 2.23. The van der Waals surface area contributed by atoms with Crippen molar-refractivity contribution in [3.05, 3.63) is 27.5 Å². The summed E-state index contributed by atoms with van der Waals surface area (Å²) in [6.07, 6.45) is 1.34. The minimum Gasteiger partial charge on any atom is -0.478 e. The summed E-state index contributed by atoms with van der Waals surface area (Å²) in [5.41, 5.74) is 0.116. The van der Waals surface area contributed by atoms with Crippen molar-refractivity contribution in [2.24, 2.45) is 0 Å². The monoisotopic (exact) mass is 235 g/mol. The highest BCUT2D eigenvalue weighted by molar-refractivity contribution is 9.10. The minimum atomic E-state index is -1.03. The van der Waals surface area contributed by atoms with Gasteiger partial charge in [-0.3, -0.25) is 0 Å². The van der Waals surface area contributed by atoms with Crippen LogP contribution in [0.5, 0.6) is 0 Å². The van der Waals surface area contributed by atoms with Gasteiger partial charge in [0, 0.05) is 6.20 Å². The van der Waals surface area contributed by atoms with E-state index >= 15 is 0 Å². The van der Waals surface area contributed by atoms with Gasteiger partial charge in [-0.05, 0) is 22.0 Å². The van der Waals surface area contributed by atoms with Crippen molar-refractivity contribution < 1.29 is 9.90 Å². The molecular weight excluding hydrogens is 233 g/mol. The molecule has 11 heavy (non-hydrogen) atoms. The molecule has 1 aromatic heterocycles. The summed E-state index contributed by atoms with van der Waals surface area (Å²) in [4.78, 5) is 14.1. The second-order valence-electron chi connectivity index (χ2n) is 1.77. The van der Waals surface area contributed by atoms with Crippen molar-refractivity contribution in [3.63, 3.8) is 0 Å². The maximum atomic E-state index is 10.5. The molecule has 58 valence electrons. The summed E-state index contributed by atoms with van der Waals surface area (Å²) in [5, 5.41) is 8.73. The van der Waals surface area contributed by atoms with Crippen LogP contribution >= 0.6 is 27.5 Å². The molecule has 0 spiro atoms. The van der Waals surface area contributed by atoms with Gasteiger partial charge in [-0.15, -0.1) is 0 Å². The smallest absolute Gasteiger partial charge is 0.337 e. The highest BCUT2D eigenvalue weighted by Gasteiger charge is 2.10. The first kappa shape index (κ1) is 8.49. The lowest BCUT2D eigenvalue weighted by Gasteiger charge is -1.97. The van der Waals surface area contributed by atoms with E-state index in [9.17, 15) is 4.79 Å². The van der Waals surface area contributed by atoms with Crippen molar-refractivity contribution in [2.75, 3.05) is 0 Å². The molecule has 1 rings (SSSR count). The second-order valence-corrected chi connectivity index (χ2v) is 2.92. The zero-order valence-corrected chi connectivity index (χ0v) is 7.56. The number of hydrogen-bond acceptors (Lipinski definition) is 2. The lowest BCUT2D eigenvalue weighted by molar-refractivity contribution is 0.0696. The molecule has 0 unspecified atom stereocenters. The van der Waals surface area contributed by atoms with E-state index in [0.29, 0.717) is 4.47 Å². The van der Waals surface area contributed by atoms with Crippen LogP contribution in [0.4, 0.5) is 0 Å². The number of aromatic carboxylic acids is 1. The van der Waals surface area contributed by atoms with Crippen LogP contribution < -0.4 is 0 Å². The summed E-state index contributed by atoms with van der Waals surface area (Å²) in [7, 11) is 0. The van der Waals surface area contributed by atoms with Gasteiger partial charge < -0.3 is 5.11 Å². The molecule has 1 heterocycles. The van der Waals surface area contributed by atoms with Gasteiger partial charge in [-0.2, -0.15) is 0 Å². The Kier molecular flexibility index (Phi) is 2.46. The van der Waals surface area contributed by atoms with Crippen LogP contribution in [0.1, 0.15) is 10.4 Å². The molecular formula is C6H3BrClNO2. The molecule has 0 amide bonds. The fourth-order valence-electron chi connectivity index (χ4n) is 0.583. The van der Waals surface area contributed by atoms with Gasteiger partial charge >= 0.3 is 5.97 Å². The molecule has 0 aromatic carbocycles. The first-order chi connectivity index (χ1) is 5.13. The van der Waals surface area contributed by atoms with Crippen LogP contribution in [-0.4, -0.2) is 16.1 Å². The van der Waals surface area contributed by atoms with Gasteiger partial charge in [0.25, 0.3) is 0 Å². The SMILES string of the molecule is O=C(O)c1ccnc(Cl)c1Br. The van der Waals surface area contributed by atoms with Crippen LogP contribution in [0, 0.1) is 0 Å². The summed E-state index contributed by atoms with van der Waals surface area (Å²) in [6.45, 7) is 0. The van der Waals surface area contributed by atoms with Gasteiger partial charge in [0.1, 0.15) is 5.15 Å². The van der Waals surface area contributed by atoms with E-state index < -0.39 is 5.97 Å². The van der Waals surface area contributed by atoms with Crippen molar-refractivity contribution in [1.29, 1.82) is 0 Å². The number of nitrogens with zero attached hydrogens (tertiary/aromatic N) is 1. The number of aromatic nitrogens is 1. The third-order valence-electron chi connectivity index (χ3n) is 1.08. The average Bonchev–Trinajstić information content (AvgIpc) is 1.94. The fraction of sp³-hybridized carbons (Fsp3) is 0. The fourth-order valence-corrected chi connectivity index (χ4v) is 1.15. The molecule has 0 saturated heterocycles. The molecule has 0 saturated carbocycles. The summed E-state index contributed by atoms with van der Waals surface area (Å²) in [5.74, 6) is -1.03. The van der Waals surface area contributed by atoms with Gasteiger partial charge in [0.05, 0.1) is 10.0 Å². The Bertz CT molecular complexity index is 303. The normalized spacial score (nSPS) is 9.64. The van der Waals surface area contributed by atoms with E-state index in [1.807, 2.05) is 0 Å². The second kappa shape index (κ2) is 3.19. The summed E-state index contributed by atoms with van der Waals surface area (Å²) >= 11 is 8.54. The lowest BCUT2D eigenvalue weighted by Crippen LogP contribution is -1.98. The predicted octanol–water partition coefficient (Wildman–Crippen LogP) is 2.20. The Morgan fingerprint density at radius 3 is 2.82 bits per heavy atom. The standard InChI is InChI=1S/C6H3BrClNO2/c7-4-3(6(10)11)1-2-9-5(4)8/h1-2H,(H,10,11). The molecule has 0 bridgehead atoms. The number of carboxylic acid groups (broad SMARTS) is 1. The van der Waals surface area contributed by atoms with Crippen molar-refractivity contribution in [1.82, 2.24) is 4.98 Å². The predicted molar refractivity (Wildman–Crippen MR) is 43.9 cm³/mol. The number of carbonyl (C=O) groups is 1. The largest absolute Gasteiger partial charge is 0.478 e. The number of rotatable bonds is 1. The van der Waals surface area contributed by atoms with Crippen molar-refractivity contribution in [3.8, 4) is 0 Å². The van der Waals surface area contributed by atoms with Crippen LogP contribution in [0.2, 0.25) is 5.15 Å². The Morgan fingerprint density at radius 2 is 2.36 bits per heavy atom. The third kappa shape index (κ3) is 1.70. The van der Waals surface area contributed by atoms with Crippen LogP contribution in [-0.2, 0) is 0 Å². The molecule has 1 aromatic rings. The molecule has 1 N–H and O–H groups in total. The topological polar surface area (TPSA) is 50.2 Å². The molecule has 0 radical (unpaired) electrons. The Labute approximate surface area is 76.1 Å². The zero-order valence-electron chi connectivity index (χ0n) is 5.21. The molecule has 0 atom stereocenters. The Hall–Kier alpha value is -0.610. The zero-order chi connectivity index (χ0) is 8.43. The molecule has 3 nitrogen and oxygen atoms in total. The number of carboxylic acids is 1. The van der Waals surface area contributed by atoms with Crippen LogP contribution in [0.15, 0.2) is 16.7 Å². The van der Waals surface area contributed by atoms with Crippen molar-refractivity contribution in [2.45, 2.75) is 0 Å². The number of pyridine rings is 1. The van der Waals surface area contributed by atoms with Gasteiger partial charge in [-0.1, -0.05) is 11.6 Å². The van der Waals surface area contributed by atoms with Crippen LogP contribution in [0.3, 0.4) is 0 Å². The van der Waals surface area contributed by atoms with E-state index in [0.717, 1.165) is 0 Å². The highest BCUT2D eigenvalue weighted by atomic mass is 79.9. The number of hydrogen-bond donors (Lipinski definition) is 1. The van der Waals surface area contributed by atoms with Gasteiger partial charge in [-0.25, -0.2) is 9.78 Å². The van der Waals surface area contributed by atoms with E-state index in [1.54, 1.807) is 0 Å². The van der Waals surface area contributed by atoms with E-state index in [1.165, 1.54) is 12.3 Å². The third-order valence-corrected chi connectivity index (χ3v) is 2.39. The Morgan fingerprint density at radius 1 is 1.73 bits per heavy atom. The first-order valence-electron chi connectivity index (χ1n) is 2.66. The van der Waals surface area contributed by atoms with Crippen LogP contribution in [0.25, 0.3) is 0 Å². The molecule has 0 aliphatic rings. The average molecular weight is 236 g/mol. The molecule has 5 heteroatoms. The van der Waals surface area contributed by atoms with E-state index in [-0.39, 0.29) is 10.7 Å². The molecule has 0 aliphatic heterocycles. The maximum absolute atomic E-state index is 10.5. The quantitative estimate of drug-likeness (QED) is 0.761. The van der Waals surface area contributed by atoms with E-state index in [4.69, 9.17) is 16.7 Å². The lowest BCUT2D eigenvalue weighted by atomic mass is 10.3. The number of halogens is 2.